The number of amides is 1. The first-order chi connectivity index (χ1) is 30.0. The van der Waals surface area contributed by atoms with Gasteiger partial charge in [0.25, 0.3) is 0 Å². The first-order valence-corrected chi connectivity index (χ1v) is 25.3. The van der Waals surface area contributed by atoms with Crippen LogP contribution in [0.4, 0.5) is 0 Å². The summed E-state index contributed by atoms with van der Waals surface area (Å²) in [6.07, 6.45) is 62.2. The number of esters is 1. The van der Waals surface area contributed by atoms with Gasteiger partial charge in [-0.05, 0) is 83.5 Å². The topological polar surface area (TPSA) is 95.9 Å². The number of rotatable bonds is 44. The summed E-state index contributed by atoms with van der Waals surface area (Å²) in [7, 11) is 0. The number of aliphatic hydroxyl groups is 2. The largest absolute Gasteiger partial charge is 0.462 e. The monoisotopic (exact) mass is 850 g/mol. The van der Waals surface area contributed by atoms with Crippen molar-refractivity contribution in [2.24, 2.45) is 0 Å². The molecule has 0 spiro atoms. The average molecular weight is 850 g/mol. The molecule has 0 aromatic heterocycles. The molecule has 0 aliphatic carbocycles. The second kappa shape index (κ2) is 48.1. The van der Waals surface area contributed by atoms with Gasteiger partial charge in [0, 0.05) is 6.42 Å². The van der Waals surface area contributed by atoms with E-state index in [0.717, 1.165) is 103 Å². The number of ether oxygens (including phenoxy) is 1. The fourth-order valence-corrected chi connectivity index (χ4v) is 7.24. The van der Waals surface area contributed by atoms with Gasteiger partial charge in [0.2, 0.25) is 5.91 Å². The third-order valence-corrected chi connectivity index (χ3v) is 11.0. The van der Waals surface area contributed by atoms with E-state index < -0.39 is 18.2 Å². The third-order valence-electron chi connectivity index (χ3n) is 11.0. The molecule has 3 atom stereocenters. The molecule has 0 aromatic rings. The van der Waals surface area contributed by atoms with Gasteiger partial charge < -0.3 is 20.3 Å². The minimum absolute atomic E-state index is 0.0374. The van der Waals surface area contributed by atoms with Crippen molar-refractivity contribution in [3.63, 3.8) is 0 Å². The van der Waals surface area contributed by atoms with Crippen LogP contribution >= 0.6 is 0 Å². The molecular formula is C55H95NO5. The Hall–Kier alpha value is -2.96. The number of unbranched alkanes of at least 4 members (excludes halogenated alkanes) is 20. The van der Waals surface area contributed by atoms with Gasteiger partial charge in [0.1, 0.15) is 6.10 Å². The van der Waals surface area contributed by atoms with Crippen LogP contribution in [0.5, 0.6) is 0 Å². The Labute approximate surface area is 376 Å². The Morgan fingerprint density at radius 2 is 0.967 bits per heavy atom. The van der Waals surface area contributed by atoms with Gasteiger partial charge >= 0.3 is 5.97 Å². The Bertz CT molecular complexity index is 1180. The summed E-state index contributed by atoms with van der Waals surface area (Å²) in [4.78, 5) is 26.1. The lowest BCUT2D eigenvalue weighted by molar-refractivity contribution is -0.151. The number of nitrogens with one attached hydrogen (secondary N) is 1. The Morgan fingerprint density at radius 1 is 0.508 bits per heavy atom. The lowest BCUT2D eigenvalue weighted by Crippen LogP contribution is -2.46. The molecule has 0 radical (unpaired) electrons. The molecule has 0 saturated heterocycles. The van der Waals surface area contributed by atoms with Crippen LogP contribution in [-0.2, 0) is 14.3 Å². The summed E-state index contributed by atoms with van der Waals surface area (Å²) in [5.74, 6) is -0.551. The number of carbonyl (C=O) groups excluding carboxylic acids is 2. The van der Waals surface area contributed by atoms with Crippen molar-refractivity contribution in [2.75, 3.05) is 6.61 Å². The maximum Gasteiger partial charge on any atom is 0.306 e. The summed E-state index contributed by atoms with van der Waals surface area (Å²) in [5, 5.41) is 23.7. The smallest absolute Gasteiger partial charge is 0.306 e. The summed E-state index contributed by atoms with van der Waals surface area (Å²) in [5.41, 5.74) is 0. The van der Waals surface area contributed by atoms with Crippen LogP contribution < -0.4 is 5.32 Å². The van der Waals surface area contributed by atoms with Crippen LogP contribution in [0.1, 0.15) is 226 Å². The molecule has 0 aromatic carbocycles. The van der Waals surface area contributed by atoms with E-state index in [0.29, 0.717) is 19.3 Å². The molecular weight excluding hydrogens is 755 g/mol. The van der Waals surface area contributed by atoms with Gasteiger partial charge in [-0.3, -0.25) is 9.59 Å². The summed E-state index contributed by atoms with van der Waals surface area (Å²) < 4.78 is 5.89. The van der Waals surface area contributed by atoms with E-state index in [9.17, 15) is 19.8 Å². The number of hydrogen-bond acceptors (Lipinski definition) is 5. The van der Waals surface area contributed by atoms with E-state index in [1.165, 1.54) is 77.0 Å². The van der Waals surface area contributed by atoms with Crippen LogP contribution in [0.2, 0.25) is 0 Å². The Kier molecular flexibility index (Phi) is 45.7. The Morgan fingerprint density at radius 3 is 1.52 bits per heavy atom. The maximum absolute atomic E-state index is 13.2. The fourth-order valence-electron chi connectivity index (χ4n) is 7.24. The van der Waals surface area contributed by atoms with Gasteiger partial charge in [-0.25, -0.2) is 0 Å². The molecule has 0 aliphatic rings. The highest BCUT2D eigenvalue weighted by molar-refractivity contribution is 5.77. The van der Waals surface area contributed by atoms with Gasteiger partial charge in [0.05, 0.1) is 25.2 Å². The SMILES string of the molecule is CC/C=C/C=C/C=C\CCCCCC(CC(=O)NC(CO)C(O)CCCCCCCCCCCCCCCCC)OC(=O)CCCCC/C=C/C/C=C/C/C=C/C/C=C/CC. The highest BCUT2D eigenvalue weighted by Crippen LogP contribution is 2.17. The molecule has 0 aliphatic heterocycles. The number of aliphatic hydroxyl groups excluding tert-OH is 2. The van der Waals surface area contributed by atoms with Gasteiger partial charge in [-0.1, -0.05) is 215 Å². The number of hydrogen-bond donors (Lipinski definition) is 3. The molecule has 6 heteroatoms. The van der Waals surface area contributed by atoms with E-state index >= 15 is 0 Å². The van der Waals surface area contributed by atoms with E-state index in [4.69, 9.17) is 4.74 Å². The number of carbonyl (C=O) groups is 2. The van der Waals surface area contributed by atoms with Crippen molar-refractivity contribution >= 4 is 11.9 Å². The second-order valence-electron chi connectivity index (χ2n) is 16.9. The fraction of sp³-hybridized carbons (Fsp3) is 0.709. The zero-order valence-electron chi connectivity index (χ0n) is 39.8. The molecule has 0 fully saturated rings. The zero-order valence-corrected chi connectivity index (χ0v) is 39.8. The molecule has 0 heterocycles. The lowest BCUT2D eigenvalue weighted by Gasteiger charge is -2.24. The van der Waals surface area contributed by atoms with Gasteiger partial charge in [0.15, 0.2) is 0 Å². The van der Waals surface area contributed by atoms with Gasteiger partial charge in [-0.2, -0.15) is 0 Å². The molecule has 61 heavy (non-hydrogen) atoms. The van der Waals surface area contributed by atoms with Crippen molar-refractivity contribution in [3.05, 3.63) is 85.1 Å². The average Bonchev–Trinajstić information content (AvgIpc) is 3.25. The molecule has 3 N–H and O–H groups in total. The van der Waals surface area contributed by atoms with Crippen molar-refractivity contribution in [1.82, 2.24) is 5.32 Å². The van der Waals surface area contributed by atoms with Crippen LogP contribution in [0.15, 0.2) is 85.1 Å². The first-order valence-electron chi connectivity index (χ1n) is 25.3. The maximum atomic E-state index is 13.2. The first kappa shape index (κ1) is 58.0. The third kappa shape index (κ3) is 43.5. The minimum atomic E-state index is -0.806. The normalized spacial score (nSPS) is 14.0. The molecule has 1 amide bonds. The molecule has 0 saturated carbocycles. The molecule has 3 unspecified atom stereocenters. The quantitative estimate of drug-likeness (QED) is 0.0246. The van der Waals surface area contributed by atoms with E-state index in [2.05, 4.69) is 99.0 Å². The van der Waals surface area contributed by atoms with Crippen molar-refractivity contribution in [2.45, 2.75) is 244 Å². The van der Waals surface area contributed by atoms with Crippen LogP contribution in [0.3, 0.4) is 0 Å². The Balaban J connectivity index is 4.61. The lowest BCUT2D eigenvalue weighted by atomic mass is 10.0. The van der Waals surface area contributed by atoms with E-state index in [-0.39, 0.29) is 24.9 Å². The van der Waals surface area contributed by atoms with E-state index in [1.54, 1.807) is 0 Å². The number of allylic oxidation sites excluding steroid dienone is 14. The highest BCUT2D eigenvalue weighted by atomic mass is 16.5. The highest BCUT2D eigenvalue weighted by Gasteiger charge is 2.24. The van der Waals surface area contributed by atoms with Gasteiger partial charge in [-0.15, -0.1) is 0 Å². The van der Waals surface area contributed by atoms with Crippen LogP contribution in [-0.4, -0.2) is 46.9 Å². The zero-order chi connectivity index (χ0) is 44.5. The minimum Gasteiger partial charge on any atom is -0.462 e. The second-order valence-corrected chi connectivity index (χ2v) is 16.9. The predicted octanol–water partition coefficient (Wildman–Crippen LogP) is 15.2. The standard InChI is InChI=1S/C55H95NO5/c1-4-7-10-13-16-19-22-24-26-28-30-33-36-39-42-45-48-55(60)61-51(46-43-40-37-34-31-21-18-15-12-9-6-3)49-54(59)56-52(50-57)53(58)47-44-41-38-35-32-29-27-25-23-20-17-14-11-8-5-2/h7,9-10,12,15-16,18-19,21,24,26,30-31,33,51-53,57-58H,4-6,8,11,13-14,17,20,22-23,25,27-29,32,34-50H2,1-3H3,(H,56,59)/b10-7+,12-9+,18-15+,19-16+,26-24+,31-21-,33-30+. The molecule has 0 bridgehead atoms. The summed E-state index contributed by atoms with van der Waals surface area (Å²) in [6.45, 7) is 6.21. The van der Waals surface area contributed by atoms with Crippen molar-refractivity contribution < 1.29 is 24.5 Å². The molecule has 350 valence electrons. The predicted molar refractivity (Wildman–Crippen MR) is 264 cm³/mol. The van der Waals surface area contributed by atoms with Crippen molar-refractivity contribution in [3.8, 4) is 0 Å². The molecule has 6 nitrogen and oxygen atoms in total. The summed E-state index contributed by atoms with van der Waals surface area (Å²) in [6, 6.07) is -0.723. The molecule has 0 rings (SSSR count). The van der Waals surface area contributed by atoms with Crippen LogP contribution in [0, 0.1) is 0 Å². The van der Waals surface area contributed by atoms with E-state index in [1.807, 2.05) is 12.2 Å². The van der Waals surface area contributed by atoms with Crippen LogP contribution in [0.25, 0.3) is 0 Å². The van der Waals surface area contributed by atoms with Crippen molar-refractivity contribution in [1.29, 1.82) is 0 Å². The summed E-state index contributed by atoms with van der Waals surface area (Å²) >= 11 is 0.